The molecule has 1 unspecified atom stereocenters. The molecule has 0 radical (unpaired) electrons. The van der Waals surface area contributed by atoms with Crippen LogP contribution < -0.4 is 5.32 Å². The van der Waals surface area contributed by atoms with Gasteiger partial charge in [-0.25, -0.2) is 4.79 Å². The van der Waals surface area contributed by atoms with Gasteiger partial charge in [0.05, 0.1) is 22.9 Å². The predicted molar refractivity (Wildman–Crippen MR) is 137 cm³/mol. The number of nitrogens with zero attached hydrogens (tertiary/aromatic N) is 3. The number of esters is 1. The second kappa shape index (κ2) is 10.9. The molecule has 1 amide bonds. The van der Waals surface area contributed by atoms with Crippen LogP contribution in [0.3, 0.4) is 0 Å². The molecule has 1 aliphatic carbocycles. The van der Waals surface area contributed by atoms with Crippen LogP contribution in [0.4, 0.5) is 5.00 Å². The summed E-state index contributed by atoms with van der Waals surface area (Å²) < 4.78 is 7.23. The summed E-state index contributed by atoms with van der Waals surface area (Å²) in [6.45, 7) is 6.93. The van der Waals surface area contributed by atoms with Crippen LogP contribution in [0, 0.1) is 5.92 Å². The molecular formula is C24H27ClN4O3S2. The first-order chi connectivity index (χ1) is 16.4. The Bertz CT molecular complexity index is 1210. The largest absolute Gasteiger partial charge is 0.462 e. The number of carbonyl (C=O) groups excluding carboxylic acids is 2. The maximum absolute atomic E-state index is 12.9. The van der Waals surface area contributed by atoms with Gasteiger partial charge in [-0.05, 0) is 56.7 Å². The molecule has 1 N–H and O–H groups in total. The Hall–Kier alpha value is -2.36. The van der Waals surface area contributed by atoms with E-state index in [1.54, 1.807) is 6.92 Å². The van der Waals surface area contributed by atoms with Crippen LogP contribution in [-0.4, -0.2) is 39.0 Å². The average Bonchev–Trinajstić information content (AvgIpc) is 3.38. The summed E-state index contributed by atoms with van der Waals surface area (Å²) in [7, 11) is 0. The number of hydrogen-bond donors (Lipinski definition) is 1. The van der Waals surface area contributed by atoms with Crippen LogP contribution in [0.2, 0.25) is 5.02 Å². The summed E-state index contributed by atoms with van der Waals surface area (Å²) in [5.74, 6) is 0.801. The van der Waals surface area contributed by atoms with Crippen molar-refractivity contribution in [2.75, 3.05) is 17.7 Å². The van der Waals surface area contributed by atoms with E-state index >= 15 is 0 Å². The average molecular weight is 519 g/mol. The first-order valence-corrected chi connectivity index (χ1v) is 13.5. The standard InChI is InChI=1S/C24H27ClN4O3S2/c1-4-29-21(15-8-6-7-9-17(15)25)27-28-24(29)33-13-19(30)26-22-20(23(31)32-5-2)16-11-10-14(3)12-18(16)34-22/h6-9,14H,4-5,10-13H2,1-3H3,(H,26,30). The monoisotopic (exact) mass is 518 g/mol. The van der Waals surface area contributed by atoms with Gasteiger partial charge < -0.3 is 14.6 Å². The fraction of sp³-hybridized carbons (Fsp3) is 0.417. The van der Waals surface area contributed by atoms with E-state index in [0.29, 0.717) is 45.6 Å². The minimum atomic E-state index is -0.368. The molecule has 2 heterocycles. The van der Waals surface area contributed by atoms with E-state index in [1.165, 1.54) is 28.0 Å². The van der Waals surface area contributed by atoms with Gasteiger partial charge in [0.1, 0.15) is 5.00 Å². The highest BCUT2D eigenvalue weighted by Crippen LogP contribution is 2.40. The Labute approximate surface area is 212 Å². The molecule has 1 atom stereocenters. The molecule has 0 fully saturated rings. The number of nitrogens with one attached hydrogen (secondary N) is 1. The number of carbonyl (C=O) groups is 2. The van der Waals surface area contributed by atoms with Crippen molar-refractivity contribution in [3.05, 3.63) is 45.3 Å². The summed E-state index contributed by atoms with van der Waals surface area (Å²) in [5, 5.41) is 13.4. The number of anilines is 1. The molecule has 180 valence electrons. The van der Waals surface area contributed by atoms with Gasteiger partial charge in [-0.3, -0.25) is 4.79 Å². The van der Waals surface area contributed by atoms with Crippen molar-refractivity contribution in [1.82, 2.24) is 14.8 Å². The fourth-order valence-corrected chi connectivity index (χ4v) is 6.51. The Morgan fingerprint density at radius 1 is 1.29 bits per heavy atom. The normalized spacial score (nSPS) is 15.1. The van der Waals surface area contributed by atoms with Crippen LogP contribution in [-0.2, 0) is 28.9 Å². The third kappa shape index (κ3) is 5.16. The smallest absolute Gasteiger partial charge is 0.341 e. The molecule has 34 heavy (non-hydrogen) atoms. The van der Waals surface area contributed by atoms with Gasteiger partial charge in [0.15, 0.2) is 11.0 Å². The molecule has 10 heteroatoms. The van der Waals surface area contributed by atoms with Crippen molar-refractivity contribution in [1.29, 1.82) is 0 Å². The summed E-state index contributed by atoms with van der Waals surface area (Å²) in [5.41, 5.74) is 2.34. The summed E-state index contributed by atoms with van der Waals surface area (Å²) >= 11 is 9.13. The van der Waals surface area contributed by atoms with E-state index in [-0.39, 0.29) is 17.6 Å². The van der Waals surface area contributed by atoms with Crippen LogP contribution in [0.25, 0.3) is 11.4 Å². The summed E-state index contributed by atoms with van der Waals surface area (Å²) in [4.78, 5) is 26.7. The highest BCUT2D eigenvalue weighted by Gasteiger charge is 2.29. The van der Waals surface area contributed by atoms with Crippen molar-refractivity contribution in [2.45, 2.75) is 51.7 Å². The lowest BCUT2D eigenvalue weighted by Crippen LogP contribution is -2.18. The van der Waals surface area contributed by atoms with Crippen molar-refractivity contribution in [2.24, 2.45) is 5.92 Å². The zero-order chi connectivity index (χ0) is 24.2. The van der Waals surface area contributed by atoms with Crippen molar-refractivity contribution in [3.63, 3.8) is 0 Å². The molecule has 0 saturated carbocycles. The van der Waals surface area contributed by atoms with Crippen molar-refractivity contribution < 1.29 is 14.3 Å². The number of ether oxygens (including phenoxy) is 1. The molecule has 0 spiro atoms. The highest BCUT2D eigenvalue weighted by molar-refractivity contribution is 7.99. The number of thioether (sulfide) groups is 1. The number of halogens is 1. The molecule has 0 aliphatic heterocycles. The predicted octanol–water partition coefficient (Wildman–Crippen LogP) is 5.71. The minimum Gasteiger partial charge on any atom is -0.462 e. The maximum Gasteiger partial charge on any atom is 0.341 e. The first-order valence-electron chi connectivity index (χ1n) is 11.3. The maximum atomic E-state index is 12.9. The van der Waals surface area contributed by atoms with Gasteiger partial charge in [-0.15, -0.1) is 21.5 Å². The van der Waals surface area contributed by atoms with Gasteiger partial charge in [0, 0.05) is 17.0 Å². The van der Waals surface area contributed by atoms with Gasteiger partial charge in [-0.2, -0.15) is 0 Å². The Kier molecular flexibility index (Phi) is 7.95. The zero-order valence-corrected chi connectivity index (χ0v) is 21.8. The second-order valence-corrected chi connectivity index (χ2v) is 10.6. The number of amides is 1. The van der Waals surface area contributed by atoms with E-state index < -0.39 is 0 Å². The molecule has 0 bridgehead atoms. The van der Waals surface area contributed by atoms with E-state index in [4.69, 9.17) is 16.3 Å². The van der Waals surface area contributed by atoms with Gasteiger partial charge in [0.25, 0.3) is 0 Å². The molecule has 4 rings (SSSR count). The van der Waals surface area contributed by atoms with Crippen LogP contribution in [0.15, 0.2) is 29.4 Å². The lowest BCUT2D eigenvalue weighted by molar-refractivity contribution is -0.113. The molecule has 1 aliphatic rings. The van der Waals surface area contributed by atoms with Gasteiger partial charge in [-0.1, -0.05) is 42.4 Å². The zero-order valence-electron chi connectivity index (χ0n) is 19.4. The topological polar surface area (TPSA) is 86.1 Å². The highest BCUT2D eigenvalue weighted by atomic mass is 35.5. The van der Waals surface area contributed by atoms with Crippen molar-refractivity contribution >= 4 is 51.6 Å². The number of benzene rings is 1. The van der Waals surface area contributed by atoms with Crippen LogP contribution in [0.1, 0.15) is 48.0 Å². The molecule has 7 nitrogen and oxygen atoms in total. The fourth-order valence-electron chi connectivity index (χ4n) is 4.07. The summed E-state index contributed by atoms with van der Waals surface area (Å²) in [6, 6.07) is 7.48. The molecule has 0 saturated heterocycles. The quantitative estimate of drug-likeness (QED) is 0.303. The number of hydrogen-bond acceptors (Lipinski definition) is 7. The Morgan fingerprint density at radius 3 is 2.82 bits per heavy atom. The van der Waals surface area contributed by atoms with E-state index in [0.717, 1.165) is 30.4 Å². The van der Waals surface area contributed by atoms with E-state index in [1.807, 2.05) is 35.8 Å². The second-order valence-electron chi connectivity index (χ2n) is 8.14. The number of fused-ring (bicyclic) bond motifs is 1. The van der Waals surface area contributed by atoms with E-state index in [9.17, 15) is 9.59 Å². The summed E-state index contributed by atoms with van der Waals surface area (Å²) in [6.07, 6.45) is 2.78. The van der Waals surface area contributed by atoms with Gasteiger partial charge in [0.2, 0.25) is 5.91 Å². The first kappa shape index (κ1) is 24.8. The third-order valence-electron chi connectivity index (χ3n) is 5.72. The SMILES string of the molecule is CCOC(=O)c1c(NC(=O)CSc2nnc(-c3ccccc3Cl)n2CC)sc2c1CCC(C)C2. The number of rotatable bonds is 8. The molecule has 3 aromatic rings. The molecular weight excluding hydrogens is 492 g/mol. The Morgan fingerprint density at radius 2 is 2.09 bits per heavy atom. The van der Waals surface area contributed by atoms with E-state index in [2.05, 4.69) is 22.4 Å². The lowest BCUT2D eigenvalue weighted by atomic mass is 9.88. The number of thiophene rings is 1. The Balaban J connectivity index is 1.50. The third-order valence-corrected chi connectivity index (χ3v) is 8.19. The molecule has 2 aromatic heterocycles. The van der Waals surface area contributed by atoms with Crippen LogP contribution >= 0.6 is 34.7 Å². The lowest BCUT2D eigenvalue weighted by Gasteiger charge is -2.18. The van der Waals surface area contributed by atoms with Crippen LogP contribution in [0.5, 0.6) is 0 Å². The molecule has 1 aromatic carbocycles. The minimum absolute atomic E-state index is 0.141. The van der Waals surface area contributed by atoms with Crippen molar-refractivity contribution in [3.8, 4) is 11.4 Å². The number of aromatic nitrogens is 3. The van der Waals surface area contributed by atoms with Gasteiger partial charge >= 0.3 is 5.97 Å².